The van der Waals surface area contributed by atoms with Crippen molar-refractivity contribution >= 4 is 64.6 Å². The molecule has 2 N–H and O–H groups in total. The Balaban J connectivity index is 1.09. The number of aromatic hydroxyl groups is 2. The summed E-state index contributed by atoms with van der Waals surface area (Å²) in [6, 6.07) is 70.1. The standard InChI is InChI=1S/C58H36N2O2/c61-57-47(49-27-13-29-51(59-49)53-41-21-7-1-15-35(41)31-36-16-2-8-22-42(36)53)33-39-19-5-11-25-45(39)55(57)56-46-26-12-6-20-40(46)34-48(58(56)62)50-28-14-30-52(60-50)54-43-23-9-3-17-37(43)32-38-18-4-10-24-44(38)54/h1-34,61-62H. The summed E-state index contributed by atoms with van der Waals surface area (Å²) in [6.07, 6.45) is 0. The second-order valence-corrected chi connectivity index (χ2v) is 15.9. The highest BCUT2D eigenvalue weighted by Gasteiger charge is 2.25. The molecule has 0 aliphatic carbocycles. The Morgan fingerprint density at radius 2 is 0.500 bits per heavy atom. The first-order valence-corrected chi connectivity index (χ1v) is 20.9. The van der Waals surface area contributed by atoms with Crippen LogP contribution in [-0.4, -0.2) is 20.2 Å². The largest absolute Gasteiger partial charge is 0.507 e. The Morgan fingerprint density at radius 1 is 0.242 bits per heavy atom. The third-order valence-electron chi connectivity index (χ3n) is 12.4. The van der Waals surface area contributed by atoms with E-state index in [0.717, 1.165) is 87.1 Å². The molecule has 2 aromatic heterocycles. The van der Waals surface area contributed by atoms with Gasteiger partial charge in [-0.2, -0.15) is 0 Å². The molecule has 4 heteroatoms. The number of hydrogen-bond acceptors (Lipinski definition) is 4. The molecule has 62 heavy (non-hydrogen) atoms. The van der Waals surface area contributed by atoms with Crippen molar-refractivity contribution in [2.75, 3.05) is 0 Å². The first-order valence-electron chi connectivity index (χ1n) is 20.9. The van der Waals surface area contributed by atoms with E-state index in [4.69, 9.17) is 9.97 Å². The minimum absolute atomic E-state index is 0.0395. The van der Waals surface area contributed by atoms with Crippen LogP contribution in [0.15, 0.2) is 206 Å². The molecule has 10 aromatic carbocycles. The van der Waals surface area contributed by atoms with Crippen molar-refractivity contribution in [1.29, 1.82) is 0 Å². The number of pyridine rings is 2. The fourth-order valence-electron chi connectivity index (χ4n) is 9.60. The van der Waals surface area contributed by atoms with Gasteiger partial charge in [0.25, 0.3) is 0 Å². The number of rotatable bonds is 5. The maximum Gasteiger partial charge on any atom is 0.133 e. The third kappa shape index (κ3) is 5.62. The fourth-order valence-corrected chi connectivity index (χ4v) is 9.60. The summed E-state index contributed by atoms with van der Waals surface area (Å²) >= 11 is 0. The van der Waals surface area contributed by atoms with Crippen molar-refractivity contribution in [3.05, 3.63) is 206 Å². The highest BCUT2D eigenvalue weighted by Crippen LogP contribution is 2.51. The van der Waals surface area contributed by atoms with Crippen molar-refractivity contribution in [2.24, 2.45) is 0 Å². The lowest BCUT2D eigenvalue weighted by molar-refractivity contribution is 0.472. The van der Waals surface area contributed by atoms with Gasteiger partial charge in [-0.3, -0.25) is 0 Å². The maximum atomic E-state index is 12.8. The summed E-state index contributed by atoms with van der Waals surface area (Å²) in [4.78, 5) is 10.6. The first kappa shape index (κ1) is 35.6. The highest BCUT2D eigenvalue weighted by molar-refractivity contribution is 6.16. The van der Waals surface area contributed by atoms with Gasteiger partial charge in [-0.1, -0.05) is 158 Å². The van der Waals surface area contributed by atoms with Gasteiger partial charge in [0.1, 0.15) is 11.5 Å². The molecule has 290 valence electrons. The quantitative estimate of drug-likeness (QED) is 0.170. The number of phenols is 2. The van der Waals surface area contributed by atoms with Crippen molar-refractivity contribution in [2.45, 2.75) is 0 Å². The number of fused-ring (bicyclic) bond motifs is 6. The summed E-state index contributed by atoms with van der Waals surface area (Å²) in [5, 5.41) is 38.0. The van der Waals surface area contributed by atoms with E-state index < -0.39 is 0 Å². The average Bonchev–Trinajstić information content (AvgIpc) is 3.32. The zero-order valence-corrected chi connectivity index (χ0v) is 33.4. The van der Waals surface area contributed by atoms with Gasteiger partial charge in [-0.25, -0.2) is 9.97 Å². The number of nitrogens with zero attached hydrogens (tertiary/aromatic N) is 2. The number of phenolic OH excluding ortho intramolecular Hbond substituents is 2. The summed E-state index contributed by atoms with van der Waals surface area (Å²) in [7, 11) is 0. The van der Waals surface area contributed by atoms with E-state index in [1.807, 2.05) is 97.1 Å². The van der Waals surface area contributed by atoms with Gasteiger partial charge >= 0.3 is 0 Å². The van der Waals surface area contributed by atoms with Crippen LogP contribution >= 0.6 is 0 Å². The molecule has 12 rings (SSSR count). The second kappa shape index (κ2) is 14.1. The van der Waals surface area contributed by atoms with E-state index in [1.54, 1.807) is 0 Å². The highest BCUT2D eigenvalue weighted by atomic mass is 16.3. The van der Waals surface area contributed by atoms with E-state index in [-0.39, 0.29) is 11.5 Å². The number of hydrogen-bond donors (Lipinski definition) is 2. The van der Waals surface area contributed by atoms with Crippen LogP contribution in [0.3, 0.4) is 0 Å². The Kier molecular flexibility index (Phi) is 8.12. The van der Waals surface area contributed by atoms with Gasteiger partial charge < -0.3 is 10.2 Å². The van der Waals surface area contributed by atoms with E-state index >= 15 is 0 Å². The molecule has 0 aliphatic heterocycles. The SMILES string of the molecule is Oc1c(-c2cccc(-c3c4ccccc4cc4ccccc34)n2)cc2ccccc2c1-c1c(O)c(-c2cccc(-c3c4ccccc4cc4ccccc34)n2)cc2ccccc12. The van der Waals surface area contributed by atoms with E-state index in [9.17, 15) is 10.2 Å². The molecule has 0 radical (unpaired) electrons. The van der Waals surface area contributed by atoms with Gasteiger partial charge in [0.05, 0.1) is 22.8 Å². The predicted molar refractivity (Wildman–Crippen MR) is 258 cm³/mol. The van der Waals surface area contributed by atoms with Crippen LogP contribution in [0.4, 0.5) is 0 Å². The van der Waals surface area contributed by atoms with Gasteiger partial charge in [0, 0.05) is 33.4 Å². The molecule has 0 spiro atoms. The van der Waals surface area contributed by atoms with Crippen molar-refractivity contribution in [3.8, 4) is 67.7 Å². The van der Waals surface area contributed by atoms with Crippen LogP contribution < -0.4 is 0 Å². The fraction of sp³-hybridized carbons (Fsp3) is 0. The zero-order chi connectivity index (χ0) is 41.3. The molecule has 0 atom stereocenters. The van der Waals surface area contributed by atoms with Crippen LogP contribution in [-0.2, 0) is 0 Å². The predicted octanol–water partition coefficient (Wildman–Crippen LogP) is 15.1. The summed E-state index contributed by atoms with van der Waals surface area (Å²) in [6.45, 7) is 0. The van der Waals surface area contributed by atoms with Crippen molar-refractivity contribution in [1.82, 2.24) is 9.97 Å². The van der Waals surface area contributed by atoms with Crippen molar-refractivity contribution in [3.63, 3.8) is 0 Å². The molecular weight excluding hydrogens is 757 g/mol. The van der Waals surface area contributed by atoms with Gasteiger partial charge in [-0.05, 0) is 113 Å². The molecule has 0 amide bonds. The Hall–Kier alpha value is -8.34. The molecule has 0 unspecified atom stereocenters. The number of aromatic nitrogens is 2. The summed E-state index contributed by atoms with van der Waals surface area (Å²) in [5.74, 6) is 0.0790. The summed E-state index contributed by atoms with van der Waals surface area (Å²) < 4.78 is 0. The van der Waals surface area contributed by atoms with Crippen LogP contribution in [0.25, 0.3) is 121 Å². The van der Waals surface area contributed by atoms with Gasteiger partial charge in [-0.15, -0.1) is 0 Å². The van der Waals surface area contributed by atoms with Crippen LogP contribution in [0.2, 0.25) is 0 Å². The zero-order valence-electron chi connectivity index (χ0n) is 33.4. The summed E-state index contributed by atoms with van der Waals surface area (Å²) in [5.41, 5.74) is 7.17. The van der Waals surface area contributed by atoms with E-state index in [2.05, 4.69) is 109 Å². The molecule has 0 aliphatic rings. The first-order chi connectivity index (χ1) is 30.6. The van der Waals surface area contributed by atoms with Crippen LogP contribution in [0.1, 0.15) is 0 Å². The molecule has 2 heterocycles. The van der Waals surface area contributed by atoms with E-state index in [1.165, 1.54) is 0 Å². The maximum absolute atomic E-state index is 12.8. The third-order valence-corrected chi connectivity index (χ3v) is 12.4. The molecule has 12 aromatic rings. The van der Waals surface area contributed by atoms with E-state index in [0.29, 0.717) is 33.6 Å². The average molecular weight is 793 g/mol. The number of benzene rings is 10. The van der Waals surface area contributed by atoms with Crippen LogP contribution in [0.5, 0.6) is 11.5 Å². The second-order valence-electron chi connectivity index (χ2n) is 15.9. The topological polar surface area (TPSA) is 66.2 Å². The lowest BCUT2D eigenvalue weighted by Gasteiger charge is -2.19. The molecule has 0 saturated carbocycles. The molecule has 0 bridgehead atoms. The lowest BCUT2D eigenvalue weighted by Crippen LogP contribution is -1.95. The lowest BCUT2D eigenvalue weighted by atomic mass is 9.87. The minimum atomic E-state index is 0.0395. The van der Waals surface area contributed by atoms with Gasteiger partial charge in [0.15, 0.2) is 0 Å². The Morgan fingerprint density at radius 3 is 0.823 bits per heavy atom. The van der Waals surface area contributed by atoms with Gasteiger partial charge in [0.2, 0.25) is 0 Å². The molecular formula is C58H36N2O2. The molecule has 0 saturated heterocycles. The molecule has 4 nitrogen and oxygen atoms in total. The van der Waals surface area contributed by atoms with Crippen molar-refractivity contribution < 1.29 is 10.2 Å². The smallest absolute Gasteiger partial charge is 0.133 e. The van der Waals surface area contributed by atoms with Crippen LogP contribution in [0, 0.1) is 0 Å². The Bertz CT molecular complexity index is 3440. The monoisotopic (exact) mass is 792 g/mol. The molecule has 0 fully saturated rings. The minimum Gasteiger partial charge on any atom is -0.507 e. The Labute approximate surface area is 357 Å². The normalized spacial score (nSPS) is 11.7.